The lowest BCUT2D eigenvalue weighted by atomic mass is 10.1. The first-order chi connectivity index (χ1) is 13.8. The Kier molecular flexibility index (Phi) is 5.54. The highest BCUT2D eigenvalue weighted by Crippen LogP contribution is 2.25. The van der Waals surface area contributed by atoms with Gasteiger partial charge in [0.25, 0.3) is 0 Å². The van der Waals surface area contributed by atoms with Crippen LogP contribution >= 0.6 is 0 Å². The van der Waals surface area contributed by atoms with Gasteiger partial charge in [-0.1, -0.05) is 6.92 Å². The number of ether oxygens (including phenoxy) is 1. The average molecular weight is 397 g/mol. The van der Waals surface area contributed by atoms with E-state index in [1.54, 1.807) is 18.2 Å². The molecule has 0 bridgehead atoms. The van der Waals surface area contributed by atoms with Crippen LogP contribution in [-0.4, -0.2) is 46.8 Å². The zero-order chi connectivity index (χ0) is 21.3. The van der Waals surface area contributed by atoms with Crippen molar-refractivity contribution in [1.82, 2.24) is 9.47 Å². The van der Waals surface area contributed by atoms with E-state index in [2.05, 4.69) is 0 Å². The predicted molar refractivity (Wildman–Crippen MR) is 106 cm³/mol. The summed E-state index contributed by atoms with van der Waals surface area (Å²) in [6.07, 6.45) is 0.915. The number of aromatic nitrogens is 1. The Bertz CT molecular complexity index is 990. The minimum Gasteiger partial charge on any atom is -0.497 e. The van der Waals surface area contributed by atoms with Gasteiger partial charge < -0.3 is 9.30 Å². The fourth-order valence-corrected chi connectivity index (χ4v) is 3.48. The Hall–Kier alpha value is -3.42. The first-order valence-electron chi connectivity index (χ1n) is 9.34. The molecule has 1 saturated heterocycles. The molecule has 0 saturated carbocycles. The molecule has 1 fully saturated rings. The van der Waals surface area contributed by atoms with Crippen molar-refractivity contribution in [1.29, 1.82) is 0 Å². The van der Waals surface area contributed by atoms with Gasteiger partial charge >= 0.3 is 17.8 Å². The molecule has 1 aliphatic heterocycles. The van der Waals surface area contributed by atoms with E-state index in [9.17, 15) is 19.2 Å². The number of imide groups is 2. The maximum absolute atomic E-state index is 12.8. The number of hydrogen-bond donors (Lipinski definition) is 0. The number of carbonyl (C=O) groups excluding carboxylic acids is 4. The molecule has 4 amide bonds. The fourth-order valence-electron chi connectivity index (χ4n) is 3.48. The summed E-state index contributed by atoms with van der Waals surface area (Å²) in [6, 6.07) is 7.09. The third-order valence-electron chi connectivity index (χ3n) is 5.01. The summed E-state index contributed by atoms with van der Waals surface area (Å²) in [4.78, 5) is 51.8. The number of ketones is 1. The summed E-state index contributed by atoms with van der Waals surface area (Å²) >= 11 is 0. The Morgan fingerprint density at radius 1 is 1.03 bits per heavy atom. The third-order valence-corrected chi connectivity index (χ3v) is 5.01. The standard InChI is InChI=1S/C21H23N3O5/c1-5-10-22-13(2)11-17(14(22)3)18(25)12-23-19(26)20(27)24(21(23)28)15-6-8-16(29-4)9-7-15/h6-9,11H,5,10,12H2,1-4H3. The number of benzene rings is 1. The van der Waals surface area contributed by atoms with Gasteiger partial charge in [0.15, 0.2) is 5.78 Å². The molecule has 0 unspecified atom stereocenters. The number of anilines is 1. The maximum Gasteiger partial charge on any atom is 0.339 e. The summed E-state index contributed by atoms with van der Waals surface area (Å²) < 4.78 is 7.08. The number of aryl methyl sites for hydroxylation is 1. The van der Waals surface area contributed by atoms with Crippen LogP contribution in [0.25, 0.3) is 0 Å². The molecule has 1 aliphatic rings. The van der Waals surface area contributed by atoms with Gasteiger partial charge in [-0.2, -0.15) is 0 Å². The second kappa shape index (κ2) is 7.90. The number of carbonyl (C=O) groups is 4. The van der Waals surface area contributed by atoms with Gasteiger partial charge in [-0.05, 0) is 50.6 Å². The molecular weight excluding hydrogens is 374 g/mol. The molecule has 3 rings (SSSR count). The molecule has 1 aromatic heterocycles. The van der Waals surface area contributed by atoms with Crippen molar-refractivity contribution in [2.45, 2.75) is 33.7 Å². The molecule has 0 radical (unpaired) electrons. The van der Waals surface area contributed by atoms with E-state index in [4.69, 9.17) is 4.74 Å². The highest BCUT2D eigenvalue weighted by molar-refractivity contribution is 6.53. The van der Waals surface area contributed by atoms with Crippen LogP contribution in [-0.2, 0) is 16.1 Å². The molecule has 2 heterocycles. The summed E-state index contributed by atoms with van der Waals surface area (Å²) in [5.41, 5.74) is 2.41. The number of rotatable bonds is 7. The summed E-state index contributed by atoms with van der Waals surface area (Å²) in [7, 11) is 1.50. The number of Topliss-reactive ketones (excluding diaryl/α,β-unsaturated/α-hetero) is 1. The van der Waals surface area contributed by atoms with Crippen molar-refractivity contribution in [3.05, 3.63) is 47.3 Å². The van der Waals surface area contributed by atoms with Crippen LogP contribution in [0.2, 0.25) is 0 Å². The van der Waals surface area contributed by atoms with Crippen molar-refractivity contribution in [3.8, 4) is 5.75 Å². The van der Waals surface area contributed by atoms with Crippen LogP contribution < -0.4 is 9.64 Å². The highest BCUT2D eigenvalue weighted by atomic mass is 16.5. The first-order valence-corrected chi connectivity index (χ1v) is 9.34. The number of nitrogens with zero attached hydrogens (tertiary/aromatic N) is 3. The fraction of sp³-hybridized carbons (Fsp3) is 0.333. The van der Waals surface area contributed by atoms with Crippen molar-refractivity contribution in [2.75, 3.05) is 18.6 Å². The van der Waals surface area contributed by atoms with Gasteiger partial charge in [0.05, 0.1) is 19.3 Å². The van der Waals surface area contributed by atoms with E-state index in [1.165, 1.54) is 19.2 Å². The Labute approximate surface area is 168 Å². The molecule has 0 atom stereocenters. The number of hydrogen-bond acceptors (Lipinski definition) is 5. The normalized spacial score (nSPS) is 14.1. The molecule has 8 nitrogen and oxygen atoms in total. The predicted octanol–water partition coefficient (Wildman–Crippen LogP) is 2.70. The van der Waals surface area contributed by atoms with E-state index in [1.807, 2.05) is 25.3 Å². The monoisotopic (exact) mass is 397 g/mol. The smallest absolute Gasteiger partial charge is 0.339 e. The summed E-state index contributed by atoms with van der Waals surface area (Å²) in [6.45, 7) is 6.07. The second-order valence-corrected chi connectivity index (χ2v) is 6.87. The first kappa shape index (κ1) is 20.3. The van der Waals surface area contributed by atoms with E-state index >= 15 is 0 Å². The van der Waals surface area contributed by atoms with Gasteiger partial charge in [0.1, 0.15) is 5.75 Å². The quantitative estimate of drug-likeness (QED) is 0.407. The molecular formula is C21H23N3O5. The van der Waals surface area contributed by atoms with Crippen molar-refractivity contribution >= 4 is 29.3 Å². The highest BCUT2D eigenvalue weighted by Gasteiger charge is 2.46. The molecule has 8 heteroatoms. The Balaban J connectivity index is 1.83. The summed E-state index contributed by atoms with van der Waals surface area (Å²) in [5.74, 6) is -1.83. The molecule has 0 N–H and O–H groups in total. The average Bonchev–Trinajstić information content (AvgIpc) is 3.11. The molecule has 29 heavy (non-hydrogen) atoms. The lowest BCUT2D eigenvalue weighted by Crippen LogP contribution is -2.37. The molecule has 1 aromatic carbocycles. The lowest BCUT2D eigenvalue weighted by molar-refractivity contribution is -0.139. The largest absolute Gasteiger partial charge is 0.497 e. The van der Waals surface area contributed by atoms with Gasteiger partial charge in [-0.3, -0.25) is 14.4 Å². The minimum atomic E-state index is -1.01. The van der Waals surface area contributed by atoms with Gasteiger partial charge in [0.2, 0.25) is 0 Å². The van der Waals surface area contributed by atoms with E-state index in [-0.39, 0.29) is 11.5 Å². The number of urea groups is 1. The van der Waals surface area contributed by atoms with Crippen LogP contribution in [0.1, 0.15) is 35.1 Å². The van der Waals surface area contributed by atoms with Crippen LogP contribution in [0.5, 0.6) is 5.75 Å². The van der Waals surface area contributed by atoms with Gasteiger partial charge in [-0.15, -0.1) is 0 Å². The molecule has 2 aromatic rings. The molecule has 0 spiro atoms. The van der Waals surface area contributed by atoms with Crippen molar-refractivity contribution < 1.29 is 23.9 Å². The SMILES string of the molecule is CCCn1c(C)cc(C(=O)CN2C(=O)C(=O)N(c3ccc(OC)cc3)C2=O)c1C. The van der Waals surface area contributed by atoms with Crippen molar-refractivity contribution in [2.24, 2.45) is 0 Å². The number of methoxy groups -OCH3 is 1. The van der Waals surface area contributed by atoms with Gasteiger partial charge in [-0.25, -0.2) is 14.6 Å². The van der Waals surface area contributed by atoms with Crippen LogP contribution in [0.15, 0.2) is 30.3 Å². The van der Waals surface area contributed by atoms with Crippen LogP contribution in [0.3, 0.4) is 0 Å². The van der Waals surface area contributed by atoms with E-state index < -0.39 is 24.4 Å². The summed E-state index contributed by atoms with van der Waals surface area (Å²) in [5, 5.41) is 0. The maximum atomic E-state index is 12.8. The topological polar surface area (TPSA) is 88.9 Å². The zero-order valence-corrected chi connectivity index (χ0v) is 16.9. The van der Waals surface area contributed by atoms with Crippen LogP contribution in [0, 0.1) is 13.8 Å². The van der Waals surface area contributed by atoms with Crippen LogP contribution in [0.4, 0.5) is 10.5 Å². The van der Waals surface area contributed by atoms with Gasteiger partial charge in [0, 0.05) is 23.5 Å². The second-order valence-electron chi connectivity index (χ2n) is 6.87. The minimum absolute atomic E-state index is 0.241. The molecule has 152 valence electrons. The third kappa shape index (κ3) is 3.53. The van der Waals surface area contributed by atoms with E-state index in [0.717, 1.165) is 29.3 Å². The molecule has 0 aliphatic carbocycles. The van der Waals surface area contributed by atoms with Crippen molar-refractivity contribution in [3.63, 3.8) is 0 Å². The lowest BCUT2D eigenvalue weighted by Gasteiger charge is -2.15. The Morgan fingerprint density at radius 3 is 2.28 bits per heavy atom. The number of amides is 4. The Morgan fingerprint density at radius 2 is 1.69 bits per heavy atom. The van der Waals surface area contributed by atoms with E-state index in [0.29, 0.717) is 16.2 Å². The zero-order valence-electron chi connectivity index (χ0n) is 16.9.